The summed E-state index contributed by atoms with van der Waals surface area (Å²) in [4.78, 5) is 15.3. The highest BCUT2D eigenvalue weighted by Gasteiger charge is 2.42. The van der Waals surface area contributed by atoms with E-state index in [1.807, 2.05) is 66.4 Å². The van der Waals surface area contributed by atoms with Gasteiger partial charge in [0.15, 0.2) is 0 Å². The lowest BCUT2D eigenvalue weighted by molar-refractivity contribution is 0.0741. The van der Waals surface area contributed by atoms with Gasteiger partial charge in [0, 0.05) is 22.7 Å². The molecule has 1 aromatic heterocycles. The first-order valence-corrected chi connectivity index (χ1v) is 12.5. The fourth-order valence-corrected chi connectivity index (χ4v) is 4.81. The van der Waals surface area contributed by atoms with Crippen LogP contribution in [0.2, 0.25) is 5.02 Å². The van der Waals surface area contributed by atoms with E-state index in [2.05, 4.69) is 17.1 Å². The third kappa shape index (κ3) is 4.44. The maximum atomic E-state index is 13.4. The zero-order valence-electron chi connectivity index (χ0n) is 20.3. The number of amides is 1. The number of aromatic amines is 1. The third-order valence-corrected chi connectivity index (χ3v) is 7.00. The van der Waals surface area contributed by atoms with Crippen molar-refractivity contribution in [1.82, 2.24) is 15.1 Å². The van der Waals surface area contributed by atoms with E-state index in [0.29, 0.717) is 35.1 Å². The van der Waals surface area contributed by atoms with Gasteiger partial charge in [0.25, 0.3) is 5.91 Å². The molecule has 2 N–H and O–H groups in total. The molecule has 1 unspecified atom stereocenters. The van der Waals surface area contributed by atoms with E-state index in [4.69, 9.17) is 16.3 Å². The molecule has 3 aromatic carbocycles. The van der Waals surface area contributed by atoms with Gasteiger partial charge in [0.2, 0.25) is 0 Å². The summed E-state index contributed by atoms with van der Waals surface area (Å²) in [6.45, 7) is 5.04. The Morgan fingerprint density at radius 3 is 2.58 bits per heavy atom. The average molecular weight is 502 g/mol. The van der Waals surface area contributed by atoms with Gasteiger partial charge >= 0.3 is 0 Å². The Bertz CT molecular complexity index is 1380. The van der Waals surface area contributed by atoms with Crippen LogP contribution in [0.5, 0.6) is 11.5 Å². The number of hydrogen-bond acceptors (Lipinski definition) is 4. The molecule has 5 rings (SSSR count). The molecule has 2 heterocycles. The van der Waals surface area contributed by atoms with E-state index in [9.17, 15) is 9.90 Å². The zero-order valence-corrected chi connectivity index (χ0v) is 21.0. The van der Waals surface area contributed by atoms with Crippen molar-refractivity contribution < 1.29 is 14.6 Å². The van der Waals surface area contributed by atoms with Crippen molar-refractivity contribution in [3.8, 4) is 22.8 Å². The van der Waals surface area contributed by atoms with Gasteiger partial charge in [-0.05, 0) is 54.3 Å². The second-order valence-electron chi connectivity index (χ2n) is 9.08. The highest BCUT2D eigenvalue weighted by Crippen LogP contribution is 2.45. The molecule has 0 aliphatic carbocycles. The summed E-state index contributed by atoms with van der Waals surface area (Å²) in [5, 5.41) is 18.6. The van der Waals surface area contributed by atoms with Gasteiger partial charge in [0.05, 0.1) is 6.04 Å². The fraction of sp³-hybridized carbons (Fsp3) is 0.241. The van der Waals surface area contributed by atoms with Gasteiger partial charge in [0.1, 0.15) is 29.5 Å². The maximum Gasteiger partial charge on any atom is 0.273 e. The van der Waals surface area contributed by atoms with E-state index < -0.39 is 0 Å². The summed E-state index contributed by atoms with van der Waals surface area (Å²) in [5.74, 6) is 0.737. The molecule has 1 atom stereocenters. The SMILES string of the molecule is CCCCN1C(=O)c2[nH]nc(-c3cc(Cl)c(C)cc3O)c2C1c1ccc(OCc2ccccc2)cc1. The van der Waals surface area contributed by atoms with Crippen LogP contribution in [0.25, 0.3) is 11.3 Å². The first kappa shape index (κ1) is 23.9. The summed E-state index contributed by atoms with van der Waals surface area (Å²) >= 11 is 6.38. The normalized spacial score (nSPS) is 14.8. The second-order valence-corrected chi connectivity index (χ2v) is 9.48. The summed E-state index contributed by atoms with van der Waals surface area (Å²) in [6, 6.07) is 20.8. The van der Waals surface area contributed by atoms with E-state index >= 15 is 0 Å². The van der Waals surface area contributed by atoms with Crippen LogP contribution in [0.3, 0.4) is 0 Å². The standard InChI is InChI=1S/C29H28ClN3O3/c1-3-4-14-33-28(20-10-12-21(13-11-20)36-17-19-8-6-5-7-9-19)25-26(31-32-27(25)29(33)35)22-16-23(30)18(2)15-24(22)34/h5-13,15-16,28,34H,3-4,14,17H2,1-2H3,(H,31,32). The number of nitrogens with one attached hydrogen (secondary N) is 1. The first-order chi connectivity index (χ1) is 17.5. The van der Waals surface area contributed by atoms with Crippen LogP contribution in [-0.2, 0) is 6.61 Å². The lowest BCUT2D eigenvalue weighted by Gasteiger charge is -2.26. The van der Waals surface area contributed by atoms with Gasteiger partial charge in [-0.3, -0.25) is 9.89 Å². The van der Waals surface area contributed by atoms with Gasteiger partial charge in [-0.25, -0.2) is 0 Å². The van der Waals surface area contributed by atoms with Crippen LogP contribution in [-0.4, -0.2) is 32.7 Å². The minimum atomic E-state index is -0.338. The predicted molar refractivity (Wildman–Crippen MR) is 140 cm³/mol. The third-order valence-electron chi connectivity index (χ3n) is 6.59. The molecule has 1 amide bonds. The van der Waals surface area contributed by atoms with E-state index in [1.54, 1.807) is 12.1 Å². The number of aromatic nitrogens is 2. The average Bonchev–Trinajstić information content (AvgIpc) is 3.43. The van der Waals surface area contributed by atoms with Crippen molar-refractivity contribution in [3.63, 3.8) is 0 Å². The summed E-state index contributed by atoms with van der Waals surface area (Å²) < 4.78 is 5.96. The zero-order chi connectivity index (χ0) is 25.2. The number of ether oxygens (including phenoxy) is 1. The molecule has 7 heteroatoms. The van der Waals surface area contributed by atoms with Gasteiger partial charge < -0.3 is 14.7 Å². The van der Waals surface area contributed by atoms with Crippen molar-refractivity contribution in [2.75, 3.05) is 6.54 Å². The number of rotatable bonds is 8. The van der Waals surface area contributed by atoms with Gasteiger partial charge in [-0.2, -0.15) is 5.10 Å². The summed E-state index contributed by atoms with van der Waals surface area (Å²) in [7, 11) is 0. The number of aryl methyl sites for hydroxylation is 1. The van der Waals surface area contributed by atoms with Crippen LogP contribution >= 0.6 is 11.6 Å². The number of hydrogen-bond donors (Lipinski definition) is 2. The van der Waals surface area contributed by atoms with Crippen LogP contribution in [0.1, 0.15) is 58.5 Å². The lowest BCUT2D eigenvalue weighted by Crippen LogP contribution is -2.30. The molecule has 4 aromatic rings. The number of aromatic hydroxyl groups is 1. The van der Waals surface area contributed by atoms with Crippen LogP contribution in [0.15, 0.2) is 66.7 Å². The Balaban J connectivity index is 1.51. The molecule has 0 radical (unpaired) electrons. The smallest absolute Gasteiger partial charge is 0.273 e. The first-order valence-electron chi connectivity index (χ1n) is 12.1. The van der Waals surface area contributed by atoms with Crippen molar-refractivity contribution in [1.29, 1.82) is 0 Å². The van der Waals surface area contributed by atoms with Crippen molar-refractivity contribution >= 4 is 17.5 Å². The second kappa shape index (κ2) is 10.1. The Morgan fingerprint density at radius 1 is 1.11 bits per heavy atom. The number of halogens is 1. The number of carbonyl (C=O) groups excluding carboxylic acids is 1. The van der Waals surface area contributed by atoms with E-state index in [1.165, 1.54) is 0 Å². The molecular weight excluding hydrogens is 474 g/mol. The fourth-order valence-electron chi connectivity index (χ4n) is 4.65. The topological polar surface area (TPSA) is 78.5 Å². The quantitative estimate of drug-likeness (QED) is 0.282. The summed E-state index contributed by atoms with van der Waals surface area (Å²) in [6.07, 6.45) is 1.85. The lowest BCUT2D eigenvalue weighted by atomic mass is 9.95. The number of benzene rings is 3. The van der Waals surface area contributed by atoms with Crippen molar-refractivity contribution in [2.45, 2.75) is 39.3 Å². The predicted octanol–water partition coefficient (Wildman–Crippen LogP) is 6.67. The van der Waals surface area contributed by atoms with Crippen molar-refractivity contribution in [2.24, 2.45) is 0 Å². The van der Waals surface area contributed by atoms with Crippen LogP contribution in [0, 0.1) is 6.92 Å². The van der Waals surface area contributed by atoms with Gasteiger partial charge in [-0.1, -0.05) is 67.4 Å². The molecule has 6 nitrogen and oxygen atoms in total. The minimum absolute atomic E-state index is 0.0778. The molecule has 36 heavy (non-hydrogen) atoms. The molecule has 0 spiro atoms. The molecule has 0 fully saturated rings. The van der Waals surface area contributed by atoms with Crippen LogP contribution < -0.4 is 4.74 Å². The Morgan fingerprint density at radius 2 is 1.86 bits per heavy atom. The molecule has 184 valence electrons. The maximum absolute atomic E-state index is 13.4. The number of H-pyrrole nitrogens is 1. The Kier molecular flexibility index (Phi) is 6.70. The highest BCUT2D eigenvalue weighted by molar-refractivity contribution is 6.31. The monoisotopic (exact) mass is 501 g/mol. The Hall–Kier alpha value is -3.77. The molecular formula is C29H28ClN3O3. The number of nitrogens with zero attached hydrogens (tertiary/aromatic N) is 2. The highest BCUT2D eigenvalue weighted by atomic mass is 35.5. The molecule has 1 aliphatic heterocycles. The molecule has 0 saturated carbocycles. The molecule has 0 saturated heterocycles. The molecule has 1 aliphatic rings. The van der Waals surface area contributed by atoms with Crippen molar-refractivity contribution in [3.05, 3.63) is 99.7 Å². The number of unbranched alkanes of at least 4 members (excludes halogenated alkanes) is 1. The van der Waals surface area contributed by atoms with Gasteiger partial charge in [-0.15, -0.1) is 0 Å². The number of phenols is 1. The summed E-state index contributed by atoms with van der Waals surface area (Å²) in [5.41, 5.74) is 5.06. The number of phenolic OH excluding ortho intramolecular Hbond substituents is 1. The minimum Gasteiger partial charge on any atom is -0.507 e. The van der Waals surface area contributed by atoms with E-state index in [0.717, 1.165) is 40.8 Å². The number of fused-ring (bicyclic) bond motifs is 1. The van der Waals surface area contributed by atoms with Crippen LogP contribution in [0.4, 0.5) is 0 Å². The largest absolute Gasteiger partial charge is 0.507 e. The van der Waals surface area contributed by atoms with E-state index in [-0.39, 0.29) is 17.7 Å². The number of carbonyl (C=O) groups is 1. The Labute approximate surface area is 215 Å². The molecule has 0 bridgehead atoms.